The van der Waals surface area contributed by atoms with Gasteiger partial charge in [0.2, 0.25) is 0 Å². The van der Waals surface area contributed by atoms with Crippen molar-refractivity contribution in [1.29, 1.82) is 0 Å². The Balaban J connectivity index is 1.88. The second kappa shape index (κ2) is 10.1. The first-order valence-corrected chi connectivity index (χ1v) is 10.7. The molecule has 5 nitrogen and oxygen atoms in total. The Morgan fingerprint density at radius 1 is 0.900 bits per heavy atom. The van der Waals surface area contributed by atoms with Gasteiger partial charge in [0.1, 0.15) is 5.84 Å². The van der Waals surface area contributed by atoms with E-state index in [4.69, 9.17) is 4.99 Å². The number of hydrogen-bond donors (Lipinski definition) is 0. The zero-order valence-electron chi connectivity index (χ0n) is 18.3. The van der Waals surface area contributed by atoms with E-state index >= 15 is 0 Å². The third-order valence-electron chi connectivity index (χ3n) is 5.55. The summed E-state index contributed by atoms with van der Waals surface area (Å²) in [6.45, 7) is 15.2. The lowest BCUT2D eigenvalue weighted by molar-refractivity contribution is 0.0773. The summed E-state index contributed by atoms with van der Waals surface area (Å²) in [6.07, 6.45) is 0. The molecule has 5 heteroatoms. The lowest BCUT2D eigenvalue weighted by Crippen LogP contribution is -2.48. The van der Waals surface area contributed by atoms with Gasteiger partial charge in [-0.05, 0) is 45.0 Å². The van der Waals surface area contributed by atoms with Gasteiger partial charge in [-0.3, -0.25) is 4.79 Å². The SMILES string of the molecule is C=C(C)N1CCN(C(=Nc2ccccc2)c2ccc(C(=O)N(CC)CC)cc2)CC1. The van der Waals surface area contributed by atoms with Gasteiger partial charge in [-0.1, -0.05) is 36.9 Å². The van der Waals surface area contributed by atoms with Gasteiger partial charge in [-0.15, -0.1) is 0 Å². The highest BCUT2D eigenvalue weighted by molar-refractivity contribution is 6.01. The van der Waals surface area contributed by atoms with E-state index in [1.165, 1.54) is 0 Å². The number of allylic oxidation sites excluding steroid dienone is 1. The van der Waals surface area contributed by atoms with Gasteiger partial charge in [0.05, 0.1) is 5.69 Å². The maximum Gasteiger partial charge on any atom is 0.253 e. The molecule has 30 heavy (non-hydrogen) atoms. The van der Waals surface area contributed by atoms with Crippen LogP contribution in [0.4, 0.5) is 5.69 Å². The lowest BCUT2D eigenvalue weighted by Gasteiger charge is -2.38. The average Bonchev–Trinajstić information content (AvgIpc) is 2.79. The van der Waals surface area contributed by atoms with Crippen LogP contribution in [0.15, 0.2) is 71.9 Å². The summed E-state index contributed by atoms with van der Waals surface area (Å²) in [7, 11) is 0. The summed E-state index contributed by atoms with van der Waals surface area (Å²) in [5.41, 5.74) is 3.78. The van der Waals surface area contributed by atoms with Crippen molar-refractivity contribution in [2.24, 2.45) is 4.99 Å². The van der Waals surface area contributed by atoms with E-state index in [2.05, 4.69) is 23.3 Å². The number of rotatable bonds is 6. The molecule has 0 unspecified atom stereocenters. The molecule has 1 saturated heterocycles. The zero-order chi connectivity index (χ0) is 21.5. The second-order valence-corrected chi connectivity index (χ2v) is 7.54. The lowest BCUT2D eigenvalue weighted by atomic mass is 10.1. The number of benzene rings is 2. The highest BCUT2D eigenvalue weighted by Crippen LogP contribution is 2.19. The van der Waals surface area contributed by atoms with E-state index in [9.17, 15) is 4.79 Å². The van der Waals surface area contributed by atoms with Gasteiger partial charge >= 0.3 is 0 Å². The monoisotopic (exact) mass is 404 g/mol. The molecule has 0 spiro atoms. The molecule has 0 atom stereocenters. The van der Waals surface area contributed by atoms with Crippen molar-refractivity contribution in [2.45, 2.75) is 20.8 Å². The molecule has 0 aromatic heterocycles. The number of carbonyl (C=O) groups excluding carboxylic acids is 1. The minimum absolute atomic E-state index is 0.0724. The van der Waals surface area contributed by atoms with Crippen molar-refractivity contribution in [3.63, 3.8) is 0 Å². The van der Waals surface area contributed by atoms with Crippen LogP contribution in [0.25, 0.3) is 0 Å². The molecule has 1 aliphatic rings. The van der Waals surface area contributed by atoms with Crippen LogP contribution in [0.1, 0.15) is 36.7 Å². The first-order chi connectivity index (χ1) is 14.5. The quantitative estimate of drug-likeness (QED) is 0.529. The van der Waals surface area contributed by atoms with Gasteiger partial charge in [-0.2, -0.15) is 0 Å². The minimum atomic E-state index is 0.0724. The van der Waals surface area contributed by atoms with Crippen molar-refractivity contribution in [2.75, 3.05) is 39.3 Å². The van der Waals surface area contributed by atoms with Crippen LogP contribution >= 0.6 is 0 Å². The predicted molar refractivity (Wildman–Crippen MR) is 124 cm³/mol. The largest absolute Gasteiger partial charge is 0.372 e. The van der Waals surface area contributed by atoms with Crippen LogP contribution in [0, 0.1) is 0 Å². The Bertz CT molecular complexity index is 877. The number of para-hydroxylation sites is 1. The molecule has 1 aliphatic heterocycles. The van der Waals surface area contributed by atoms with Crippen LogP contribution in [-0.2, 0) is 0 Å². The topological polar surface area (TPSA) is 39.1 Å². The molecule has 0 aliphatic carbocycles. The van der Waals surface area contributed by atoms with Crippen LogP contribution in [0.3, 0.4) is 0 Å². The van der Waals surface area contributed by atoms with Crippen LogP contribution in [0.2, 0.25) is 0 Å². The molecular weight excluding hydrogens is 372 g/mol. The van der Waals surface area contributed by atoms with Gasteiger partial charge < -0.3 is 14.7 Å². The number of nitrogens with zero attached hydrogens (tertiary/aromatic N) is 4. The summed E-state index contributed by atoms with van der Waals surface area (Å²) in [5.74, 6) is 1.02. The Morgan fingerprint density at radius 3 is 1.97 bits per heavy atom. The minimum Gasteiger partial charge on any atom is -0.372 e. The molecule has 1 amide bonds. The number of aliphatic imine (C=N–C) groups is 1. The van der Waals surface area contributed by atoms with Crippen molar-refractivity contribution in [3.05, 3.63) is 78.0 Å². The fourth-order valence-electron chi connectivity index (χ4n) is 3.70. The molecule has 3 rings (SSSR count). The highest BCUT2D eigenvalue weighted by atomic mass is 16.2. The third-order valence-corrected chi connectivity index (χ3v) is 5.55. The molecule has 0 bridgehead atoms. The van der Waals surface area contributed by atoms with Crippen LogP contribution < -0.4 is 0 Å². The van der Waals surface area contributed by atoms with E-state index in [1.807, 2.05) is 73.3 Å². The number of amides is 1. The van der Waals surface area contributed by atoms with Gasteiger partial charge in [0.25, 0.3) is 5.91 Å². The maximum absolute atomic E-state index is 12.7. The fraction of sp³-hybridized carbons (Fsp3) is 0.360. The molecule has 1 fully saturated rings. The first kappa shape index (κ1) is 21.6. The Hall–Kier alpha value is -3.08. The molecule has 0 radical (unpaired) electrons. The summed E-state index contributed by atoms with van der Waals surface area (Å²) in [5, 5.41) is 0. The maximum atomic E-state index is 12.7. The number of carbonyl (C=O) groups is 1. The van der Waals surface area contributed by atoms with E-state index < -0.39 is 0 Å². The third kappa shape index (κ3) is 5.09. The Morgan fingerprint density at radius 2 is 1.43 bits per heavy atom. The Labute approximate surface area is 180 Å². The summed E-state index contributed by atoms with van der Waals surface area (Å²) in [6, 6.07) is 17.9. The number of piperazine rings is 1. The predicted octanol–water partition coefficient (Wildman–Crippen LogP) is 4.40. The van der Waals surface area contributed by atoms with E-state index in [1.54, 1.807) is 0 Å². The summed E-state index contributed by atoms with van der Waals surface area (Å²) >= 11 is 0. The van der Waals surface area contributed by atoms with Crippen LogP contribution in [-0.4, -0.2) is 65.7 Å². The molecule has 2 aromatic rings. The van der Waals surface area contributed by atoms with Crippen molar-refractivity contribution >= 4 is 17.4 Å². The van der Waals surface area contributed by atoms with Crippen LogP contribution in [0.5, 0.6) is 0 Å². The van der Waals surface area contributed by atoms with Crippen molar-refractivity contribution in [1.82, 2.24) is 14.7 Å². The van der Waals surface area contributed by atoms with Gasteiger partial charge in [0, 0.05) is 56.1 Å². The van der Waals surface area contributed by atoms with Gasteiger partial charge in [-0.25, -0.2) is 4.99 Å². The normalized spacial score (nSPS) is 14.6. The molecule has 2 aromatic carbocycles. The Kier molecular flexibility index (Phi) is 7.28. The molecule has 1 heterocycles. The average molecular weight is 405 g/mol. The van der Waals surface area contributed by atoms with E-state index in [-0.39, 0.29) is 5.91 Å². The van der Waals surface area contributed by atoms with E-state index in [0.29, 0.717) is 18.7 Å². The molecular formula is C25H32N4O. The fourth-order valence-corrected chi connectivity index (χ4v) is 3.70. The summed E-state index contributed by atoms with van der Waals surface area (Å²) in [4.78, 5) is 24.1. The smallest absolute Gasteiger partial charge is 0.253 e. The molecule has 0 saturated carbocycles. The summed E-state index contributed by atoms with van der Waals surface area (Å²) < 4.78 is 0. The van der Waals surface area contributed by atoms with E-state index in [0.717, 1.165) is 49.0 Å². The second-order valence-electron chi connectivity index (χ2n) is 7.54. The van der Waals surface area contributed by atoms with Crippen molar-refractivity contribution < 1.29 is 4.79 Å². The number of hydrogen-bond acceptors (Lipinski definition) is 3. The molecule has 158 valence electrons. The van der Waals surface area contributed by atoms with Crippen molar-refractivity contribution in [3.8, 4) is 0 Å². The van der Waals surface area contributed by atoms with Gasteiger partial charge in [0.15, 0.2) is 0 Å². The molecule has 0 N–H and O–H groups in total. The number of amidine groups is 1. The highest BCUT2D eigenvalue weighted by Gasteiger charge is 2.21. The first-order valence-electron chi connectivity index (χ1n) is 10.7. The zero-order valence-corrected chi connectivity index (χ0v) is 18.3. The standard InChI is InChI=1S/C25H32N4O/c1-5-27(6-2)25(30)22-14-12-21(13-15-22)24(26-23-10-8-7-9-11-23)29-18-16-28(17-19-29)20(3)4/h7-15H,3,5-6,16-19H2,1-2,4H3.